The Morgan fingerprint density at radius 2 is 1.68 bits per heavy atom. The standard InChI is InChI=1S/C15H29N3O/c1-12(2)13-3-5-14(6-4-13)17-7-9-18(10-8-17)15(19)11-16/h12-14H,3-11,16H2,1-2H3. The molecule has 0 aromatic rings. The second-order valence-electron chi connectivity index (χ2n) is 6.43. The Morgan fingerprint density at radius 1 is 1.11 bits per heavy atom. The maximum Gasteiger partial charge on any atom is 0.236 e. The number of amides is 1. The molecular weight excluding hydrogens is 238 g/mol. The lowest BCUT2D eigenvalue weighted by Gasteiger charge is -2.42. The van der Waals surface area contributed by atoms with Gasteiger partial charge in [-0.15, -0.1) is 0 Å². The summed E-state index contributed by atoms with van der Waals surface area (Å²) in [4.78, 5) is 16.1. The van der Waals surface area contributed by atoms with Gasteiger partial charge in [-0.2, -0.15) is 0 Å². The monoisotopic (exact) mass is 267 g/mol. The second kappa shape index (κ2) is 6.71. The molecule has 0 spiro atoms. The minimum absolute atomic E-state index is 0.100. The molecule has 1 saturated heterocycles. The Hall–Kier alpha value is -0.610. The summed E-state index contributed by atoms with van der Waals surface area (Å²) in [5.74, 6) is 1.86. The maximum absolute atomic E-state index is 11.6. The van der Waals surface area contributed by atoms with Crippen molar-refractivity contribution in [3.63, 3.8) is 0 Å². The van der Waals surface area contributed by atoms with Crippen LogP contribution in [0.5, 0.6) is 0 Å². The first-order valence-electron chi connectivity index (χ1n) is 7.83. The fourth-order valence-electron chi connectivity index (χ4n) is 3.60. The fraction of sp³-hybridized carbons (Fsp3) is 0.933. The van der Waals surface area contributed by atoms with Gasteiger partial charge >= 0.3 is 0 Å². The summed E-state index contributed by atoms with van der Waals surface area (Å²) in [7, 11) is 0. The zero-order valence-corrected chi connectivity index (χ0v) is 12.5. The van der Waals surface area contributed by atoms with Gasteiger partial charge in [0.15, 0.2) is 0 Å². The third-order valence-electron chi connectivity index (χ3n) is 5.04. The molecule has 110 valence electrons. The minimum Gasteiger partial charge on any atom is -0.339 e. The highest BCUT2D eigenvalue weighted by molar-refractivity contribution is 5.78. The van der Waals surface area contributed by atoms with E-state index in [9.17, 15) is 4.79 Å². The number of carbonyl (C=O) groups is 1. The molecule has 0 unspecified atom stereocenters. The molecule has 0 bridgehead atoms. The summed E-state index contributed by atoms with van der Waals surface area (Å²) in [5, 5.41) is 0. The maximum atomic E-state index is 11.6. The van der Waals surface area contributed by atoms with Crippen LogP contribution in [-0.4, -0.2) is 54.5 Å². The summed E-state index contributed by atoms with van der Waals surface area (Å²) in [5.41, 5.74) is 5.42. The lowest BCUT2D eigenvalue weighted by molar-refractivity contribution is -0.131. The van der Waals surface area contributed by atoms with Gasteiger partial charge in [0.05, 0.1) is 6.54 Å². The van der Waals surface area contributed by atoms with Crippen LogP contribution in [0, 0.1) is 11.8 Å². The van der Waals surface area contributed by atoms with E-state index in [4.69, 9.17) is 5.73 Å². The van der Waals surface area contributed by atoms with Crippen LogP contribution in [0.25, 0.3) is 0 Å². The van der Waals surface area contributed by atoms with Crippen LogP contribution in [-0.2, 0) is 4.79 Å². The van der Waals surface area contributed by atoms with Crippen molar-refractivity contribution in [2.45, 2.75) is 45.6 Å². The predicted octanol–water partition coefficient (Wildman–Crippen LogP) is 1.30. The highest BCUT2D eigenvalue weighted by Gasteiger charge is 2.29. The average Bonchev–Trinajstić information content (AvgIpc) is 2.46. The lowest BCUT2D eigenvalue weighted by Crippen LogP contribution is -2.53. The predicted molar refractivity (Wildman–Crippen MR) is 77.8 cm³/mol. The van der Waals surface area contributed by atoms with Gasteiger partial charge in [-0.3, -0.25) is 9.69 Å². The highest BCUT2D eigenvalue weighted by Crippen LogP contribution is 2.32. The zero-order chi connectivity index (χ0) is 13.8. The van der Waals surface area contributed by atoms with Crippen molar-refractivity contribution >= 4 is 5.91 Å². The lowest BCUT2D eigenvalue weighted by atomic mass is 9.79. The largest absolute Gasteiger partial charge is 0.339 e. The van der Waals surface area contributed by atoms with Gasteiger partial charge < -0.3 is 10.6 Å². The molecule has 1 aliphatic carbocycles. The van der Waals surface area contributed by atoms with E-state index in [1.54, 1.807) is 0 Å². The van der Waals surface area contributed by atoms with Gasteiger partial charge in [0, 0.05) is 32.2 Å². The molecule has 1 saturated carbocycles. The van der Waals surface area contributed by atoms with Gasteiger partial charge in [-0.05, 0) is 37.5 Å². The Balaban J connectivity index is 1.75. The van der Waals surface area contributed by atoms with Crippen molar-refractivity contribution in [2.75, 3.05) is 32.7 Å². The molecule has 0 atom stereocenters. The van der Waals surface area contributed by atoms with E-state index in [0.717, 1.165) is 44.1 Å². The van der Waals surface area contributed by atoms with Gasteiger partial charge in [0.2, 0.25) is 5.91 Å². The number of hydrogen-bond acceptors (Lipinski definition) is 3. The van der Waals surface area contributed by atoms with Crippen molar-refractivity contribution in [3.05, 3.63) is 0 Å². The molecule has 1 aliphatic heterocycles. The SMILES string of the molecule is CC(C)C1CCC(N2CCN(C(=O)CN)CC2)CC1. The van der Waals surface area contributed by atoms with E-state index in [1.165, 1.54) is 25.7 Å². The summed E-state index contributed by atoms with van der Waals surface area (Å²) in [6, 6.07) is 0.755. The normalized spacial score (nSPS) is 29.8. The molecule has 2 N–H and O–H groups in total. The highest BCUT2D eigenvalue weighted by atomic mass is 16.2. The molecule has 19 heavy (non-hydrogen) atoms. The summed E-state index contributed by atoms with van der Waals surface area (Å²) in [6.07, 6.45) is 5.44. The zero-order valence-electron chi connectivity index (χ0n) is 12.5. The van der Waals surface area contributed by atoms with Gasteiger partial charge in [0.25, 0.3) is 0 Å². The second-order valence-corrected chi connectivity index (χ2v) is 6.43. The summed E-state index contributed by atoms with van der Waals surface area (Å²) in [6.45, 7) is 8.63. The van der Waals surface area contributed by atoms with E-state index < -0.39 is 0 Å². The molecule has 0 aromatic carbocycles. The number of carbonyl (C=O) groups excluding carboxylic acids is 1. The van der Waals surface area contributed by atoms with Crippen LogP contribution in [0.4, 0.5) is 0 Å². The molecule has 0 radical (unpaired) electrons. The molecule has 2 fully saturated rings. The fourth-order valence-corrected chi connectivity index (χ4v) is 3.60. The molecule has 2 rings (SSSR count). The van der Waals surface area contributed by atoms with Crippen LogP contribution in [0.1, 0.15) is 39.5 Å². The topological polar surface area (TPSA) is 49.6 Å². The van der Waals surface area contributed by atoms with E-state index >= 15 is 0 Å². The molecular formula is C15H29N3O. The van der Waals surface area contributed by atoms with Crippen LogP contribution in [0.2, 0.25) is 0 Å². The van der Waals surface area contributed by atoms with E-state index in [0.29, 0.717) is 0 Å². The number of nitrogens with two attached hydrogens (primary N) is 1. The Bertz CT molecular complexity index is 290. The van der Waals surface area contributed by atoms with Crippen LogP contribution in [0.3, 0.4) is 0 Å². The Labute approximate surface area is 117 Å². The summed E-state index contributed by atoms with van der Waals surface area (Å²) < 4.78 is 0. The molecule has 4 heteroatoms. The molecule has 2 aliphatic rings. The first-order chi connectivity index (χ1) is 9.11. The van der Waals surface area contributed by atoms with E-state index in [1.807, 2.05) is 4.90 Å². The molecule has 0 aromatic heterocycles. The third-order valence-corrected chi connectivity index (χ3v) is 5.04. The van der Waals surface area contributed by atoms with Crippen molar-refractivity contribution in [3.8, 4) is 0 Å². The van der Waals surface area contributed by atoms with Crippen LogP contribution in [0.15, 0.2) is 0 Å². The van der Waals surface area contributed by atoms with Crippen molar-refractivity contribution in [2.24, 2.45) is 17.6 Å². The molecule has 1 heterocycles. The Morgan fingerprint density at radius 3 is 2.16 bits per heavy atom. The average molecular weight is 267 g/mol. The third kappa shape index (κ3) is 3.69. The molecule has 4 nitrogen and oxygen atoms in total. The van der Waals surface area contributed by atoms with Crippen molar-refractivity contribution in [1.29, 1.82) is 0 Å². The van der Waals surface area contributed by atoms with Crippen molar-refractivity contribution in [1.82, 2.24) is 9.80 Å². The number of piperazine rings is 1. The number of hydrogen-bond donors (Lipinski definition) is 1. The summed E-state index contributed by atoms with van der Waals surface area (Å²) >= 11 is 0. The van der Waals surface area contributed by atoms with Crippen LogP contribution >= 0.6 is 0 Å². The van der Waals surface area contributed by atoms with Gasteiger partial charge in [-0.25, -0.2) is 0 Å². The first-order valence-corrected chi connectivity index (χ1v) is 7.83. The van der Waals surface area contributed by atoms with E-state index in [2.05, 4.69) is 18.7 Å². The van der Waals surface area contributed by atoms with Crippen molar-refractivity contribution < 1.29 is 4.79 Å². The van der Waals surface area contributed by atoms with E-state index in [-0.39, 0.29) is 12.5 Å². The quantitative estimate of drug-likeness (QED) is 0.838. The smallest absolute Gasteiger partial charge is 0.236 e. The molecule has 1 amide bonds. The minimum atomic E-state index is 0.100. The first kappa shape index (κ1) is 14.8. The number of nitrogens with zero attached hydrogens (tertiary/aromatic N) is 2. The van der Waals surface area contributed by atoms with Gasteiger partial charge in [0.1, 0.15) is 0 Å². The Kier molecular flexibility index (Phi) is 5.22. The number of rotatable bonds is 3. The van der Waals surface area contributed by atoms with Crippen LogP contribution < -0.4 is 5.73 Å². The van der Waals surface area contributed by atoms with Gasteiger partial charge in [-0.1, -0.05) is 13.8 Å².